The molecule has 3 N–H and O–H groups in total. The summed E-state index contributed by atoms with van der Waals surface area (Å²) >= 11 is 1.57. The average Bonchev–Trinajstić information content (AvgIpc) is 2.75. The lowest BCUT2D eigenvalue weighted by Crippen LogP contribution is -2.51. The summed E-state index contributed by atoms with van der Waals surface area (Å²) in [6.07, 6.45) is 4.02. The van der Waals surface area contributed by atoms with E-state index in [2.05, 4.69) is 29.8 Å². The second kappa shape index (κ2) is 17.2. The highest BCUT2D eigenvalue weighted by Crippen LogP contribution is 2.08. The highest BCUT2D eigenvalue weighted by atomic mass is 32.2. The van der Waals surface area contributed by atoms with Crippen molar-refractivity contribution < 1.29 is 19.2 Å². The van der Waals surface area contributed by atoms with E-state index in [1.165, 1.54) is 13.3 Å². The SMILES string of the molecule is CCC.CSCCC(NC(C)=O)C(=O)NCC(=O)NC(Cc1ccccc1)C(=O)C(C)C. The van der Waals surface area contributed by atoms with Gasteiger partial charge in [-0.1, -0.05) is 64.4 Å². The minimum atomic E-state index is -0.690. The quantitative estimate of drug-likeness (QED) is 0.440. The van der Waals surface area contributed by atoms with Crippen LogP contribution in [0.25, 0.3) is 0 Å². The molecule has 2 unspecified atom stereocenters. The van der Waals surface area contributed by atoms with E-state index < -0.39 is 23.9 Å². The first-order chi connectivity index (χ1) is 15.2. The summed E-state index contributed by atoms with van der Waals surface area (Å²) in [5.74, 6) is -0.758. The molecule has 180 valence electrons. The van der Waals surface area contributed by atoms with Gasteiger partial charge in [0.05, 0.1) is 12.6 Å². The molecule has 0 saturated heterocycles. The third-order valence-corrected chi connectivity index (χ3v) is 4.90. The van der Waals surface area contributed by atoms with Gasteiger partial charge in [0.15, 0.2) is 5.78 Å². The summed E-state index contributed by atoms with van der Waals surface area (Å²) in [5, 5.41) is 7.87. The minimum Gasteiger partial charge on any atom is -0.345 e. The van der Waals surface area contributed by atoms with E-state index in [9.17, 15) is 19.2 Å². The fourth-order valence-corrected chi connectivity index (χ4v) is 3.23. The Balaban J connectivity index is 0.00000302. The second-order valence-electron chi connectivity index (χ2n) is 7.83. The lowest BCUT2D eigenvalue weighted by molar-refractivity contribution is -0.131. The predicted molar refractivity (Wildman–Crippen MR) is 132 cm³/mol. The van der Waals surface area contributed by atoms with Crippen LogP contribution in [0, 0.1) is 5.92 Å². The monoisotopic (exact) mass is 465 g/mol. The van der Waals surface area contributed by atoms with Gasteiger partial charge in [0.25, 0.3) is 0 Å². The molecule has 7 nitrogen and oxygen atoms in total. The Hall–Kier alpha value is -2.35. The third-order valence-electron chi connectivity index (χ3n) is 4.26. The summed E-state index contributed by atoms with van der Waals surface area (Å²) in [7, 11) is 0. The van der Waals surface area contributed by atoms with Crippen molar-refractivity contribution >= 4 is 35.3 Å². The van der Waals surface area contributed by atoms with Crippen LogP contribution in [0.2, 0.25) is 0 Å². The maximum atomic E-state index is 12.5. The largest absolute Gasteiger partial charge is 0.345 e. The zero-order valence-electron chi connectivity index (χ0n) is 20.2. The summed E-state index contributed by atoms with van der Waals surface area (Å²) < 4.78 is 0. The number of benzene rings is 1. The Morgan fingerprint density at radius 1 is 0.969 bits per heavy atom. The minimum absolute atomic E-state index is 0.0652. The molecule has 0 saturated carbocycles. The van der Waals surface area contributed by atoms with Crippen LogP contribution in [0.4, 0.5) is 0 Å². The number of nitrogens with one attached hydrogen (secondary N) is 3. The highest BCUT2D eigenvalue weighted by molar-refractivity contribution is 7.98. The van der Waals surface area contributed by atoms with Crippen LogP contribution < -0.4 is 16.0 Å². The Bertz CT molecular complexity index is 710. The average molecular weight is 466 g/mol. The molecule has 8 heteroatoms. The number of carbonyl (C=O) groups is 4. The lowest BCUT2D eigenvalue weighted by atomic mass is 9.95. The summed E-state index contributed by atoms with van der Waals surface area (Å²) in [5.41, 5.74) is 0.943. The van der Waals surface area contributed by atoms with E-state index >= 15 is 0 Å². The van der Waals surface area contributed by atoms with Gasteiger partial charge in [-0.2, -0.15) is 11.8 Å². The molecular weight excluding hydrogens is 426 g/mol. The molecule has 0 aromatic heterocycles. The van der Waals surface area contributed by atoms with E-state index in [0.717, 1.165) is 5.56 Å². The molecule has 0 aliphatic carbocycles. The number of amides is 3. The number of carbonyl (C=O) groups excluding carboxylic acids is 4. The maximum absolute atomic E-state index is 12.5. The molecule has 0 aliphatic rings. The van der Waals surface area contributed by atoms with Crippen molar-refractivity contribution in [1.29, 1.82) is 0 Å². The maximum Gasteiger partial charge on any atom is 0.243 e. The van der Waals surface area contributed by atoms with Gasteiger partial charge in [-0.05, 0) is 30.4 Å². The molecule has 0 aliphatic heterocycles. The van der Waals surface area contributed by atoms with Gasteiger partial charge in [-0.3, -0.25) is 19.2 Å². The summed E-state index contributed by atoms with van der Waals surface area (Å²) in [6, 6.07) is 8.10. The normalized spacial score (nSPS) is 12.1. The highest BCUT2D eigenvalue weighted by Gasteiger charge is 2.24. The molecule has 0 radical (unpaired) electrons. The Kier molecular flexibility index (Phi) is 16.0. The Labute approximate surface area is 196 Å². The second-order valence-corrected chi connectivity index (χ2v) is 8.81. The van der Waals surface area contributed by atoms with E-state index in [0.29, 0.717) is 18.6 Å². The lowest BCUT2D eigenvalue weighted by Gasteiger charge is -2.21. The van der Waals surface area contributed by atoms with Crippen LogP contribution in [-0.4, -0.2) is 54.1 Å². The van der Waals surface area contributed by atoms with Crippen molar-refractivity contribution in [3.63, 3.8) is 0 Å². The van der Waals surface area contributed by atoms with Crippen LogP contribution >= 0.6 is 11.8 Å². The number of hydrogen-bond donors (Lipinski definition) is 3. The molecule has 3 amide bonds. The molecule has 0 fully saturated rings. The van der Waals surface area contributed by atoms with Crippen LogP contribution in [0.1, 0.15) is 53.0 Å². The van der Waals surface area contributed by atoms with Gasteiger partial charge in [0, 0.05) is 12.8 Å². The van der Waals surface area contributed by atoms with Crippen LogP contribution in [0.5, 0.6) is 0 Å². The molecule has 0 spiro atoms. The Morgan fingerprint density at radius 2 is 1.56 bits per heavy atom. The van der Waals surface area contributed by atoms with Crippen molar-refractivity contribution in [2.45, 2.75) is 66.0 Å². The fourth-order valence-electron chi connectivity index (χ4n) is 2.76. The van der Waals surface area contributed by atoms with Crippen molar-refractivity contribution in [1.82, 2.24) is 16.0 Å². The van der Waals surface area contributed by atoms with E-state index in [-0.39, 0.29) is 24.2 Å². The van der Waals surface area contributed by atoms with E-state index in [4.69, 9.17) is 0 Å². The van der Waals surface area contributed by atoms with Crippen molar-refractivity contribution in [2.75, 3.05) is 18.6 Å². The number of Topliss-reactive ketones (excluding diaryl/α,β-unsaturated/α-hetero) is 1. The molecule has 2 atom stereocenters. The number of hydrogen-bond acceptors (Lipinski definition) is 5. The van der Waals surface area contributed by atoms with E-state index in [1.807, 2.05) is 36.6 Å². The van der Waals surface area contributed by atoms with Crippen LogP contribution in [0.3, 0.4) is 0 Å². The van der Waals surface area contributed by atoms with Crippen molar-refractivity contribution in [2.24, 2.45) is 5.92 Å². The predicted octanol–water partition coefficient (Wildman–Crippen LogP) is 2.73. The smallest absolute Gasteiger partial charge is 0.243 e. The van der Waals surface area contributed by atoms with Crippen LogP contribution in [0.15, 0.2) is 30.3 Å². The molecular formula is C24H39N3O4S. The Morgan fingerprint density at radius 3 is 2.06 bits per heavy atom. The zero-order valence-corrected chi connectivity index (χ0v) is 21.0. The molecule has 0 heterocycles. The van der Waals surface area contributed by atoms with E-state index in [1.54, 1.807) is 25.6 Å². The first kappa shape index (κ1) is 29.7. The number of ketones is 1. The summed E-state index contributed by atoms with van der Waals surface area (Å²) in [4.78, 5) is 48.5. The topological polar surface area (TPSA) is 104 Å². The van der Waals surface area contributed by atoms with Crippen LogP contribution in [-0.2, 0) is 25.6 Å². The van der Waals surface area contributed by atoms with Gasteiger partial charge < -0.3 is 16.0 Å². The summed E-state index contributed by atoms with van der Waals surface area (Å²) in [6.45, 7) is 8.92. The van der Waals surface area contributed by atoms with Gasteiger partial charge in [-0.15, -0.1) is 0 Å². The fraction of sp³-hybridized carbons (Fsp3) is 0.583. The van der Waals surface area contributed by atoms with Gasteiger partial charge >= 0.3 is 0 Å². The number of rotatable bonds is 12. The van der Waals surface area contributed by atoms with Gasteiger partial charge in [0.2, 0.25) is 17.7 Å². The third kappa shape index (κ3) is 13.1. The molecule has 1 aromatic rings. The van der Waals surface area contributed by atoms with Crippen molar-refractivity contribution in [3.05, 3.63) is 35.9 Å². The molecule has 0 bridgehead atoms. The zero-order chi connectivity index (χ0) is 24.5. The van der Waals surface area contributed by atoms with Gasteiger partial charge in [0.1, 0.15) is 6.04 Å². The van der Waals surface area contributed by atoms with Gasteiger partial charge in [-0.25, -0.2) is 0 Å². The standard InChI is InChI=1S/C21H31N3O4S.C3H8/c1-14(2)20(27)18(12-16-8-6-5-7-9-16)24-19(26)13-22-21(28)17(10-11-29-4)23-15(3)25;1-3-2/h5-9,14,17-18H,10-13H2,1-4H3,(H,22,28)(H,23,25)(H,24,26);3H2,1-2H3. The first-order valence-electron chi connectivity index (χ1n) is 11.1. The molecule has 1 rings (SSSR count). The molecule has 32 heavy (non-hydrogen) atoms. The first-order valence-corrected chi connectivity index (χ1v) is 12.5. The number of thioether (sulfide) groups is 1. The molecule has 1 aromatic carbocycles. The van der Waals surface area contributed by atoms with Crippen molar-refractivity contribution in [3.8, 4) is 0 Å².